The van der Waals surface area contributed by atoms with Gasteiger partial charge in [0.05, 0.1) is 6.10 Å². The molecular weight excluding hydrogens is 306 g/mol. The largest absolute Gasteiger partial charge is 0.391 e. The number of aliphatic hydroxyl groups excluding tert-OH is 1. The van der Waals surface area contributed by atoms with Gasteiger partial charge in [-0.3, -0.25) is 9.59 Å². The molecule has 6 heteroatoms. The second kappa shape index (κ2) is 7.05. The van der Waals surface area contributed by atoms with Gasteiger partial charge in [0.15, 0.2) is 0 Å². The summed E-state index contributed by atoms with van der Waals surface area (Å²) in [5.74, 6) is -0.493. The van der Waals surface area contributed by atoms with Crippen molar-refractivity contribution in [1.82, 2.24) is 15.6 Å². The second-order valence-electron chi connectivity index (χ2n) is 6.42. The highest BCUT2D eigenvalue weighted by molar-refractivity contribution is 5.89. The summed E-state index contributed by atoms with van der Waals surface area (Å²) in [6.45, 7) is 1.95. The first-order valence-corrected chi connectivity index (χ1v) is 8.37. The van der Waals surface area contributed by atoms with Crippen LogP contribution in [0.4, 0.5) is 0 Å². The Balaban J connectivity index is 1.51. The summed E-state index contributed by atoms with van der Waals surface area (Å²) in [4.78, 5) is 27.3. The van der Waals surface area contributed by atoms with Crippen molar-refractivity contribution in [2.45, 2.75) is 38.3 Å². The average Bonchev–Trinajstić information content (AvgIpc) is 3.32. The first-order valence-electron chi connectivity index (χ1n) is 8.37. The van der Waals surface area contributed by atoms with Crippen LogP contribution in [-0.4, -0.2) is 40.6 Å². The molecule has 1 fully saturated rings. The van der Waals surface area contributed by atoms with E-state index in [9.17, 15) is 14.7 Å². The fourth-order valence-corrected chi connectivity index (χ4v) is 2.72. The van der Waals surface area contributed by atoms with Crippen molar-refractivity contribution in [2.24, 2.45) is 5.92 Å². The summed E-state index contributed by atoms with van der Waals surface area (Å²) in [6, 6.07) is 9.15. The van der Waals surface area contributed by atoms with Crippen LogP contribution < -0.4 is 10.6 Å². The predicted molar refractivity (Wildman–Crippen MR) is 91.3 cm³/mol. The third kappa shape index (κ3) is 3.94. The lowest BCUT2D eigenvalue weighted by molar-refractivity contribution is -0.132. The van der Waals surface area contributed by atoms with E-state index in [1.807, 2.05) is 24.3 Å². The number of carbonyl (C=O) groups excluding carboxylic acids is 2. The van der Waals surface area contributed by atoms with Crippen LogP contribution in [0, 0.1) is 5.92 Å². The smallest absolute Gasteiger partial charge is 0.245 e. The van der Waals surface area contributed by atoms with E-state index in [-0.39, 0.29) is 17.7 Å². The molecule has 2 unspecified atom stereocenters. The number of fused-ring (bicyclic) bond motifs is 1. The van der Waals surface area contributed by atoms with Gasteiger partial charge in [-0.25, -0.2) is 0 Å². The number of amides is 2. The van der Waals surface area contributed by atoms with E-state index < -0.39 is 12.1 Å². The van der Waals surface area contributed by atoms with Gasteiger partial charge in [0.1, 0.15) is 6.04 Å². The van der Waals surface area contributed by atoms with Crippen LogP contribution in [0.15, 0.2) is 30.3 Å². The third-order valence-corrected chi connectivity index (χ3v) is 4.29. The molecule has 0 spiro atoms. The summed E-state index contributed by atoms with van der Waals surface area (Å²) in [6.07, 6.45) is 1.45. The zero-order chi connectivity index (χ0) is 17.1. The number of aromatic nitrogens is 1. The van der Waals surface area contributed by atoms with Crippen molar-refractivity contribution in [3.63, 3.8) is 0 Å². The van der Waals surface area contributed by atoms with Crippen LogP contribution in [0.5, 0.6) is 0 Å². The lowest BCUT2D eigenvalue weighted by Gasteiger charge is -2.20. The number of hydrogen-bond donors (Lipinski definition) is 4. The molecule has 1 aliphatic carbocycles. The Hall–Kier alpha value is -2.34. The molecule has 1 aliphatic rings. The fraction of sp³-hybridized carbons (Fsp3) is 0.444. The van der Waals surface area contributed by atoms with Crippen LogP contribution in [-0.2, 0) is 16.0 Å². The van der Waals surface area contributed by atoms with Gasteiger partial charge in [-0.2, -0.15) is 0 Å². The van der Waals surface area contributed by atoms with Crippen LogP contribution in [0.1, 0.15) is 25.5 Å². The molecule has 1 aromatic heterocycles. The van der Waals surface area contributed by atoms with Gasteiger partial charge in [0.25, 0.3) is 0 Å². The van der Waals surface area contributed by atoms with E-state index in [1.165, 1.54) is 6.92 Å². The molecular formula is C18H23N3O3. The van der Waals surface area contributed by atoms with E-state index in [0.29, 0.717) is 13.0 Å². The van der Waals surface area contributed by atoms with Gasteiger partial charge < -0.3 is 20.7 Å². The Labute approximate surface area is 140 Å². The molecule has 0 aliphatic heterocycles. The molecule has 2 aromatic rings. The molecule has 0 saturated heterocycles. The molecule has 3 rings (SSSR count). The minimum absolute atomic E-state index is 0.00500. The summed E-state index contributed by atoms with van der Waals surface area (Å²) in [5, 5.41) is 16.3. The SMILES string of the molecule is CC(O)C(NC(=O)C1CC1)C(=O)NCCc1cc2ccccc2[nH]1. The van der Waals surface area contributed by atoms with Gasteiger partial charge >= 0.3 is 0 Å². The lowest BCUT2D eigenvalue weighted by atomic mass is 10.1. The molecule has 6 nitrogen and oxygen atoms in total. The summed E-state index contributed by atoms with van der Waals surface area (Å²) in [7, 11) is 0. The number of nitrogens with one attached hydrogen (secondary N) is 3. The number of benzene rings is 1. The molecule has 1 aromatic carbocycles. The first-order chi connectivity index (χ1) is 11.5. The minimum Gasteiger partial charge on any atom is -0.391 e. The van der Waals surface area contributed by atoms with Crippen LogP contribution in [0.3, 0.4) is 0 Å². The highest BCUT2D eigenvalue weighted by Gasteiger charge is 2.34. The number of H-pyrrole nitrogens is 1. The highest BCUT2D eigenvalue weighted by atomic mass is 16.3. The Morgan fingerprint density at radius 1 is 1.33 bits per heavy atom. The van der Waals surface area contributed by atoms with E-state index in [2.05, 4.69) is 21.7 Å². The Kier molecular flexibility index (Phi) is 4.85. The van der Waals surface area contributed by atoms with Gasteiger partial charge in [-0.05, 0) is 37.3 Å². The molecule has 0 bridgehead atoms. The highest BCUT2D eigenvalue weighted by Crippen LogP contribution is 2.28. The number of hydrogen-bond acceptors (Lipinski definition) is 3. The Morgan fingerprint density at radius 3 is 2.75 bits per heavy atom. The second-order valence-corrected chi connectivity index (χ2v) is 6.42. The predicted octanol–water partition coefficient (Wildman–Crippen LogP) is 1.10. The van der Waals surface area contributed by atoms with E-state index in [0.717, 1.165) is 29.4 Å². The molecule has 4 N–H and O–H groups in total. The zero-order valence-corrected chi connectivity index (χ0v) is 13.7. The van der Waals surface area contributed by atoms with E-state index in [1.54, 1.807) is 0 Å². The van der Waals surface area contributed by atoms with Gasteiger partial charge in [-0.15, -0.1) is 0 Å². The van der Waals surface area contributed by atoms with Crippen molar-refractivity contribution in [3.8, 4) is 0 Å². The molecule has 0 radical (unpaired) electrons. The monoisotopic (exact) mass is 329 g/mol. The number of aliphatic hydroxyl groups is 1. The molecule has 1 heterocycles. The Morgan fingerprint density at radius 2 is 2.08 bits per heavy atom. The minimum atomic E-state index is -0.930. The van der Waals surface area contributed by atoms with Crippen LogP contribution in [0.25, 0.3) is 10.9 Å². The maximum absolute atomic E-state index is 12.2. The van der Waals surface area contributed by atoms with Crippen molar-refractivity contribution in [2.75, 3.05) is 6.54 Å². The number of carbonyl (C=O) groups is 2. The van der Waals surface area contributed by atoms with Crippen molar-refractivity contribution >= 4 is 22.7 Å². The van der Waals surface area contributed by atoms with Crippen LogP contribution >= 0.6 is 0 Å². The quantitative estimate of drug-likeness (QED) is 0.613. The van der Waals surface area contributed by atoms with Crippen molar-refractivity contribution in [3.05, 3.63) is 36.0 Å². The fourth-order valence-electron chi connectivity index (χ4n) is 2.72. The molecule has 1 saturated carbocycles. The number of para-hydroxylation sites is 1. The normalized spacial score (nSPS) is 16.6. The Bertz CT molecular complexity index is 701. The lowest BCUT2D eigenvalue weighted by Crippen LogP contribution is -2.53. The maximum atomic E-state index is 12.2. The maximum Gasteiger partial charge on any atom is 0.245 e. The standard InChI is InChI=1S/C18H23N3O3/c1-11(22)16(21-17(23)12-6-7-12)18(24)19-9-8-14-10-13-4-2-3-5-15(13)20-14/h2-5,10-12,16,20,22H,6-9H2,1H3,(H,19,24)(H,21,23). The van der Waals surface area contributed by atoms with Gasteiger partial charge in [-0.1, -0.05) is 18.2 Å². The number of rotatable bonds is 7. The van der Waals surface area contributed by atoms with Gasteiger partial charge in [0.2, 0.25) is 11.8 Å². The molecule has 2 atom stereocenters. The van der Waals surface area contributed by atoms with E-state index in [4.69, 9.17) is 0 Å². The topological polar surface area (TPSA) is 94.2 Å². The van der Waals surface area contributed by atoms with Crippen molar-refractivity contribution < 1.29 is 14.7 Å². The third-order valence-electron chi connectivity index (χ3n) is 4.29. The average molecular weight is 329 g/mol. The zero-order valence-electron chi connectivity index (χ0n) is 13.7. The van der Waals surface area contributed by atoms with Crippen molar-refractivity contribution in [1.29, 1.82) is 0 Å². The molecule has 2 amide bonds. The summed E-state index contributed by atoms with van der Waals surface area (Å²) < 4.78 is 0. The van der Waals surface area contributed by atoms with Crippen LogP contribution in [0.2, 0.25) is 0 Å². The van der Waals surface area contributed by atoms with E-state index >= 15 is 0 Å². The molecule has 24 heavy (non-hydrogen) atoms. The number of aromatic amines is 1. The summed E-state index contributed by atoms with van der Waals surface area (Å²) in [5.41, 5.74) is 2.10. The first kappa shape index (κ1) is 16.5. The summed E-state index contributed by atoms with van der Waals surface area (Å²) >= 11 is 0. The van der Waals surface area contributed by atoms with Gasteiger partial charge in [0, 0.05) is 30.1 Å². The molecule has 128 valence electrons.